The van der Waals surface area contributed by atoms with Gasteiger partial charge in [0.15, 0.2) is 5.78 Å². The summed E-state index contributed by atoms with van der Waals surface area (Å²) in [6.07, 6.45) is 5.69. The highest BCUT2D eigenvalue weighted by Crippen LogP contribution is 2.52. The van der Waals surface area contributed by atoms with Gasteiger partial charge in [0.1, 0.15) is 11.3 Å². The van der Waals surface area contributed by atoms with Gasteiger partial charge in [-0.1, -0.05) is 25.0 Å². The number of benzene rings is 1. The first-order valence-electron chi connectivity index (χ1n) is 9.74. The van der Waals surface area contributed by atoms with Gasteiger partial charge in [-0.05, 0) is 56.1 Å². The van der Waals surface area contributed by atoms with Crippen molar-refractivity contribution in [2.24, 2.45) is 17.8 Å². The molecule has 3 amide bonds. The number of Topliss-reactive ketones (excluding diaryl/α,β-unsaturated/α-hetero) is 1. The van der Waals surface area contributed by atoms with Crippen LogP contribution in [0.15, 0.2) is 24.3 Å². The lowest BCUT2D eigenvalue weighted by Gasteiger charge is -2.49. The van der Waals surface area contributed by atoms with E-state index in [1.807, 2.05) is 6.92 Å². The number of hydrogen-bond acceptors (Lipinski definition) is 4. The number of urea groups is 1. The maximum Gasteiger partial charge on any atom is 0.327 e. The Morgan fingerprint density at radius 2 is 1.93 bits per heavy atom. The quantitative estimate of drug-likeness (QED) is 0.653. The number of fused-ring (bicyclic) bond motifs is 3. The topological polar surface area (TPSA) is 77.9 Å². The van der Waals surface area contributed by atoms with Gasteiger partial charge < -0.3 is 10.0 Å². The average molecular weight is 370 g/mol. The number of nitrogens with zero attached hydrogens (tertiary/aromatic N) is 2. The fourth-order valence-corrected chi connectivity index (χ4v) is 5.41. The van der Waals surface area contributed by atoms with Crippen LogP contribution in [0, 0.1) is 17.8 Å². The molecule has 1 aliphatic heterocycles. The van der Waals surface area contributed by atoms with Crippen molar-refractivity contribution in [1.82, 2.24) is 9.80 Å². The normalized spacial score (nSPS) is 33.0. The van der Waals surface area contributed by atoms with Crippen LogP contribution in [0.3, 0.4) is 0 Å². The van der Waals surface area contributed by atoms with Crippen molar-refractivity contribution in [2.75, 3.05) is 13.6 Å². The fraction of sp³-hybridized carbons (Fsp3) is 0.571. The zero-order valence-corrected chi connectivity index (χ0v) is 15.9. The molecule has 27 heavy (non-hydrogen) atoms. The number of ketones is 1. The summed E-state index contributed by atoms with van der Waals surface area (Å²) in [4.78, 5) is 41.4. The van der Waals surface area contributed by atoms with Crippen molar-refractivity contribution >= 4 is 17.7 Å². The van der Waals surface area contributed by atoms with Gasteiger partial charge >= 0.3 is 6.03 Å². The summed E-state index contributed by atoms with van der Waals surface area (Å²) in [6, 6.07) is 5.58. The van der Waals surface area contributed by atoms with Gasteiger partial charge in [-0.3, -0.25) is 14.5 Å². The van der Waals surface area contributed by atoms with E-state index >= 15 is 0 Å². The number of phenols is 1. The lowest BCUT2D eigenvalue weighted by molar-refractivity contribution is -0.138. The Labute approximate surface area is 159 Å². The van der Waals surface area contributed by atoms with Crippen LogP contribution in [-0.4, -0.2) is 51.8 Å². The minimum Gasteiger partial charge on any atom is -0.508 e. The first-order chi connectivity index (χ1) is 12.8. The van der Waals surface area contributed by atoms with Crippen LogP contribution < -0.4 is 0 Å². The number of imide groups is 1. The third kappa shape index (κ3) is 2.73. The Morgan fingerprint density at radius 3 is 2.52 bits per heavy atom. The molecule has 0 aromatic heterocycles. The molecule has 2 atom stereocenters. The molecule has 4 aliphatic rings. The lowest BCUT2D eigenvalue weighted by atomic mass is 9.59. The van der Waals surface area contributed by atoms with Crippen LogP contribution in [0.4, 0.5) is 4.79 Å². The molecule has 0 spiro atoms. The number of carbonyl (C=O) groups is 3. The van der Waals surface area contributed by atoms with E-state index in [0.29, 0.717) is 17.4 Å². The molecule has 1 aromatic carbocycles. The SMILES string of the molecule is CN1C(=O)N(CC(=O)c2cccc(O)c2)C(=O)C1(C)[C@H]1CC2CCC1CC2. The Hall–Kier alpha value is -2.37. The van der Waals surface area contributed by atoms with E-state index in [1.165, 1.54) is 25.0 Å². The average Bonchev–Trinajstić information content (AvgIpc) is 2.85. The molecular formula is C21H26N2O4. The smallest absolute Gasteiger partial charge is 0.327 e. The molecule has 1 heterocycles. The Balaban J connectivity index is 1.58. The van der Waals surface area contributed by atoms with Crippen LogP contribution in [0.5, 0.6) is 5.75 Å². The number of aromatic hydroxyl groups is 1. The molecule has 6 nitrogen and oxygen atoms in total. The molecule has 144 valence electrons. The predicted molar refractivity (Wildman–Crippen MR) is 99.3 cm³/mol. The molecule has 2 bridgehead atoms. The summed E-state index contributed by atoms with van der Waals surface area (Å²) < 4.78 is 0. The van der Waals surface area contributed by atoms with Crippen molar-refractivity contribution < 1.29 is 19.5 Å². The first-order valence-corrected chi connectivity index (χ1v) is 9.74. The Kier molecular flexibility index (Phi) is 4.24. The largest absolute Gasteiger partial charge is 0.508 e. The Morgan fingerprint density at radius 1 is 1.22 bits per heavy atom. The van der Waals surface area contributed by atoms with E-state index in [2.05, 4.69) is 0 Å². The van der Waals surface area contributed by atoms with Crippen molar-refractivity contribution in [3.05, 3.63) is 29.8 Å². The molecular weight excluding hydrogens is 344 g/mol. The molecule has 1 aromatic rings. The van der Waals surface area contributed by atoms with Crippen LogP contribution in [-0.2, 0) is 4.79 Å². The maximum atomic E-state index is 13.3. The summed E-state index contributed by atoms with van der Waals surface area (Å²) >= 11 is 0. The number of carbonyl (C=O) groups excluding carboxylic acids is 3. The first kappa shape index (κ1) is 18.0. The second-order valence-electron chi connectivity index (χ2n) is 8.48. The van der Waals surface area contributed by atoms with Crippen LogP contribution in [0.25, 0.3) is 0 Å². The highest BCUT2D eigenvalue weighted by Gasteiger charge is 2.60. The third-order valence-electron chi connectivity index (χ3n) is 7.13. The highest BCUT2D eigenvalue weighted by molar-refractivity contribution is 6.11. The van der Waals surface area contributed by atoms with Crippen LogP contribution in [0.2, 0.25) is 0 Å². The van der Waals surface area contributed by atoms with Gasteiger partial charge in [0.25, 0.3) is 5.91 Å². The number of amides is 3. The maximum absolute atomic E-state index is 13.3. The summed E-state index contributed by atoms with van der Waals surface area (Å²) in [5.74, 6) is 0.654. The molecule has 4 fully saturated rings. The second-order valence-corrected chi connectivity index (χ2v) is 8.48. The van der Waals surface area contributed by atoms with Crippen LogP contribution >= 0.6 is 0 Å². The molecule has 1 N–H and O–H groups in total. The van der Waals surface area contributed by atoms with Gasteiger partial charge in [-0.2, -0.15) is 0 Å². The molecule has 5 rings (SSSR count). The summed E-state index contributed by atoms with van der Waals surface area (Å²) in [5.41, 5.74) is -0.580. The van der Waals surface area contributed by atoms with Crippen LogP contribution in [0.1, 0.15) is 49.4 Å². The molecule has 3 saturated carbocycles. The van der Waals surface area contributed by atoms with E-state index in [-0.39, 0.29) is 29.9 Å². The zero-order chi connectivity index (χ0) is 19.3. The predicted octanol–water partition coefficient (Wildman–Crippen LogP) is 3.05. The molecule has 1 unspecified atom stereocenters. The fourth-order valence-electron chi connectivity index (χ4n) is 5.41. The molecule has 6 heteroatoms. The second kappa shape index (κ2) is 6.36. The van der Waals surface area contributed by atoms with E-state index in [4.69, 9.17) is 0 Å². The van der Waals surface area contributed by atoms with Gasteiger partial charge in [0, 0.05) is 12.6 Å². The minimum atomic E-state index is -0.875. The van der Waals surface area contributed by atoms with Crippen molar-refractivity contribution in [3.63, 3.8) is 0 Å². The zero-order valence-electron chi connectivity index (χ0n) is 15.9. The third-order valence-corrected chi connectivity index (χ3v) is 7.13. The van der Waals surface area contributed by atoms with E-state index < -0.39 is 11.6 Å². The summed E-state index contributed by atoms with van der Waals surface area (Å²) in [5, 5.41) is 9.57. The van der Waals surface area contributed by atoms with Crippen molar-refractivity contribution in [2.45, 2.75) is 44.6 Å². The Bertz CT molecular complexity index is 799. The number of rotatable bonds is 4. The summed E-state index contributed by atoms with van der Waals surface area (Å²) in [7, 11) is 1.68. The van der Waals surface area contributed by atoms with Gasteiger partial charge in [-0.15, -0.1) is 0 Å². The standard InChI is InChI=1S/C21H26N2O4/c1-21(17-10-13-6-8-14(17)9-7-13)19(26)23(20(27)22(21)2)12-18(25)15-4-3-5-16(24)11-15/h3-5,11,13-14,17,24H,6-10,12H2,1-2H3/t13?,14?,17-,21?/m0/s1. The number of hydrogen-bond donors (Lipinski definition) is 1. The van der Waals surface area contributed by atoms with Gasteiger partial charge in [0.05, 0.1) is 6.54 Å². The van der Waals surface area contributed by atoms with Crippen molar-refractivity contribution in [3.8, 4) is 5.75 Å². The molecule has 0 radical (unpaired) electrons. The minimum absolute atomic E-state index is 0.0138. The highest BCUT2D eigenvalue weighted by atomic mass is 16.3. The van der Waals surface area contributed by atoms with Crippen molar-refractivity contribution in [1.29, 1.82) is 0 Å². The van der Waals surface area contributed by atoms with E-state index in [0.717, 1.165) is 24.2 Å². The lowest BCUT2D eigenvalue weighted by Crippen LogP contribution is -2.56. The van der Waals surface area contributed by atoms with Gasteiger partial charge in [-0.25, -0.2) is 4.79 Å². The molecule has 3 aliphatic carbocycles. The molecule has 1 saturated heterocycles. The monoisotopic (exact) mass is 370 g/mol. The number of phenolic OH excluding ortho intramolecular Hbond substituents is 1. The summed E-state index contributed by atoms with van der Waals surface area (Å²) in [6.45, 7) is 1.58. The van der Waals surface area contributed by atoms with Gasteiger partial charge in [0.2, 0.25) is 0 Å². The number of likely N-dealkylation sites (N-methyl/N-ethyl adjacent to an activating group) is 1. The van der Waals surface area contributed by atoms with E-state index in [1.54, 1.807) is 24.1 Å². The van der Waals surface area contributed by atoms with E-state index in [9.17, 15) is 19.5 Å².